The number of pyridine rings is 1. The van der Waals surface area contributed by atoms with Crippen molar-refractivity contribution in [2.24, 2.45) is 5.73 Å². The molecule has 126 valence electrons. The monoisotopic (exact) mass is 345 g/mol. The molecule has 0 radical (unpaired) electrons. The maximum Gasteiger partial charge on any atom is 0.268 e. The van der Waals surface area contributed by atoms with Crippen LogP contribution < -0.4 is 10.6 Å². The van der Waals surface area contributed by atoms with Gasteiger partial charge in [-0.3, -0.25) is 9.69 Å². The Bertz CT molecular complexity index is 724. The molecule has 4 heterocycles. The van der Waals surface area contributed by atoms with E-state index in [4.69, 9.17) is 10.5 Å². The first kappa shape index (κ1) is 15.5. The summed E-state index contributed by atoms with van der Waals surface area (Å²) in [5, 5.41) is 1.90. The SMILES string of the molecule is NC(=O)c1ncc(N2CC(N3CCOCC3)C2)cc1-c1cscn1. The molecule has 0 aromatic carbocycles. The largest absolute Gasteiger partial charge is 0.379 e. The molecule has 24 heavy (non-hydrogen) atoms. The number of anilines is 1. The van der Waals surface area contributed by atoms with Gasteiger partial charge in [-0.15, -0.1) is 11.3 Å². The van der Waals surface area contributed by atoms with Crippen LogP contribution >= 0.6 is 11.3 Å². The number of hydrogen-bond donors (Lipinski definition) is 1. The fourth-order valence-corrected chi connectivity index (χ4v) is 3.76. The number of nitrogens with two attached hydrogens (primary N) is 1. The molecular formula is C16H19N5O2S. The molecule has 1 amide bonds. The van der Waals surface area contributed by atoms with Gasteiger partial charge in [-0.1, -0.05) is 0 Å². The number of rotatable bonds is 4. The second kappa shape index (κ2) is 6.46. The highest BCUT2D eigenvalue weighted by Gasteiger charge is 2.33. The third-order valence-corrected chi connectivity index (χ3v) is 5.19. The first-order valence-electron chi connectivity index (χ1n) is 7.97. The number of nitrogens with zero attached hydrogens (tertiary/aromatic N) is 4. The van der Waals surface area contributed by atoms with Crippen LogP contribution in [0.25, 0.3) is 11.3 Å². The predicted molar refractivity (Wildman–Crippen MR) is 92.3 cm³/mol. The molecule has 7 nitrogen and oxygen atoms in total. The van der Waals surface area contributed by atoms with Crippen molar-refractivity contribution < 1.29 is 9.53 Å². The number of ether oxygens (including phenoxy) is 1. The van der Waals surface area contributed by atoms with Crippen LogP contribution in [0.15, 0.2) is 23.2 Å². The van der Waals surface area contributed by atoms with Gasteiger partial charge in [0, 0.05) is 43.2 Å². The molecule has 2 saturated heterocycles. The van der Waals surface area contributed by atoms with E-state index < -0.39 is 5.91 Å². The van der Waals surface area contributed by atoms with E-state index in [1.165, 1.54) is 11.3 Å². The van der Waals surface area contributed by atoms with Gasteiger partial charge in [0.1, 0.15) is 5.69 Å². The van der Waals surface area contributed by atoms with E-state index in [-0.39, 0.29) is 5.69 Å². The normalized spacial score (nSPS) is 19.2. The molecule has 4 rings (SSSR count). The second-order valence-corrected chi connectivity index (χ2v) is 6.75. The first-order valence-corrected chi connectivity index (χ1v) is 8.92. The Balaban J connectivity index is 1.52. The number of amides is 1. The Hall–Kier alpha value is -2.03. The fraction of sp³-hybridized carbons (Fsp3) is 0.438. The summed E-state index contributed by atoms with van der Waals surface area (Å²) < 4.78 is 5.41. The number of thiazole rings is 1. The van der Waals surface area contributed by atoms with E-state index in [0.717, 1.165) is 50.8 Å². The molecular weight excluding hydrogens is 326 g/mol. The zero-order chi connectivity index (χ0) is 16.5. The van der Waals surface area contributed by atoms with Gasteiger partial charge in [0.2, 0.25) is 0 Å². The highest BCUT2D eigenvalue weighted by atomic mass is 32.1. The Morgan fingerprint density at radius 2 is 2.08 bits per heavy atom. The van der Waals surface area contributed by atoms with Crippen LogP contribution in [0.3, 0.4) is 0 Å². The predicted octanol–water partition coefficient (Wildman–Crippen LogP) is 0.825. The average Bonchev–Trinajstić information content (AvgIpc) is 3.08. The van der Waals surface area contributed by atoms with Gasteiger partial charge in [-0.2, -0.15) is 0 Å². The van der Waals surface area contributed by atoms with Crippen molar-refractivity contribution in [3.8, 4) is 11.3 Å². The Kier molecular flexibility index (Phi) is 4.17. The van der Waals surface area contributed by atoms with Crippen molar-refractivity contribution in [2.75, 3.05) is 44.3 Å². The van der Waals surface area contributed by atoms with Gasteiger partial charge in [-0.25, -0.2) is 9.97 Å². The smallest absolute Gasteiger partial charge is 0.268 e. The lowest BCUT2D eigenvalue weighted by Crippen LogP contribution is -2.61. The number of carbonyl (C=O) groups is 1. The van der Waals surface area contributed by atoms with E-state index in [1.54, 1.807) is 11.7 Å². The number of primary amides is 1. The summed E-state index contributed by atoms with van der Waals surface area (Å²) in [7, 11) is 0. The van der Waals surface area contributed by atoms with Crippen molar-refractivity contribution in [1.82, 2.24) is 14.9 Å². The minimum atomic E-state index is -0.528. The van der Waals surface area contributed by atoms with Gasteiger partial charge in [-0.05, 0) is 6.07 Å². The van der Waals surface area contributed by atoms with Crippen molar-refractivity contribution in [2.45, 2.75) is 6.04 Å². The van der Waals surface area contributed by atoms with Crippen molar-refractivity contribution in [3.63, 3.8) is 0 Å². The summed E-state index contributed by atoms with van der Waals surface area (Å²) in [4.78, 5) is 25.0. The number of morpholine rings is 1. The van der Waals surface area contributed by atoms with Gasteiger partial charge in [0.15, 0.2) is 0 Å². The number of carbonyl (C=O) groups excluding carboxylic acids is 1. The van der Waals surface area contributed by atoms with E-state index in [1.807, 2.05) is 11.4 Å². The highest BCUT2D eigenvalue weighted by molar-refractivity contribution is 7.07. The molecule has 8 heteroatoms. The second-order valence-electron chi connectivity index (χ2n) is 6.03. The van der Waals surface area contributed by atoms with E-state index in [0.29, 0.717) is 11.6 Å². The van der Waals surface area contributed by atoms with Crippen LogP contribution in [0.2, 0.25) is 0 Å². The third kappa shape index (κ3) is 2.88. The molecule has 0 aliphatic carbocycles. The summed E-state index contributed by atoms with van der Waals surface area (Å²) in [5.74, 6) is -0.528. The third-order valence-electron chi connectivity index (χ3n) is 4.60. The topological polar surface area (TPSA) is 84.6 Å². The Labute approximate surface area is 144 Å². The van der Waals surface area contributed by atoms with Crippen molar-refractivity contribution >= 4 is 22.9 Å². The highest BCUT2D eigenvalue weighted by Crippen LogP contribution is 2.30. The lowest BCUT2D eigenvalue weighted by molar-refractivity contribution is 0.0105. The van der Waals surface area contributed by atoms with Crippen LogP contribution in [0.4, 0.5) is 5.69 Å². The van der Waals surface area contributed by atoms with E-state index in [2.05, 4.69) is 19.8 Å². The molecule has 2 aliphatic rings. The van der Waals surface area contributed by atoms with E-state index >= 15 is 0 Å². The molecule has 0 atom stereocenters. The minimum Gasteiger partial charge on any atom is -0.379 e. The van der Waals surface area contributed by atoms with Crippen LogP contribution in [0.5, 0.6) is 0 Å². The lowest BCUT2D eigenvalue weighted by atomic mass is 10.0. The van der Waals surface area contributed by atoms with Gasteiger partial charge >= 0.3 is 0 Å². The van der Waals surface area contributed by atoms with Gasteiger partial charge in [0.05, 0.1) is 36.3 Å². The quantitative estimate of drug-likeness (QED) is 0.883. The Morgan fingerprint density at radius 1 is 1.29 bits per heavy atom. The van der Waals surface area contributed by atoms with Crippen LogP contribution in [-0.4, -0.2) is 66.2 Å². The lowest BCUT2D eigenvalue weighted by Gasteiger charge is -2.47. The minimum absolute atomic E-state index is 0.273. The number of hydrogen-bond acceptors (Lipinski definition) is 7. The van der Waals surface area contributed by atoms with Crippen LogP contribution in [0, 0.1) is 0 Å². The standard InChI is InChI=1S/C16H19N5O2S/c17-16(22)15-13(14-9-24-10-19-14)5-11(6-18-15)21-7-12(8-21)20-1-3-23-4-2-20/h5-6,9-10,12H,1-4,7-8H2,(H2,17,22). The van der Waals surface area contributed by atoms with Gasteiger partial charge in [0.25, 0.3) is 5.91 Å². The van der Waals surface area contributed by atoms with Gasteiger partial charge < -0.3 is 15.4 Å². The summed E-state index contributed by atoms with van der Waals surface area (Å²) in [6.45, 7) is 5.57. The summed E-state index contributed by atoms with van der Waals surface area (Å²) in [6, 6.07) is 2.53. The van der Waals surface area contributed by atoms with Crippen molar-refractivity contribution in [3.05, 3.63) is 28.8 Å². The first-order chi connectivity index (χ1) is 11.7. The van der Waals surface area contributed by atoms with Crippen LogP contribution in [0.1, 0.15) is 10.5 Å². The molecule has 2 N–H and O–H groups in total. The zero-order valence-electron chi connectivity index (χ0n) is 13.2. The molecule has 0 unspecified atom stereocenters. The summed E-state index contributed by atoms with van der Waals surface area (Å²) >= 11 is 1.48. The number of aromatic nitrogens is 2. The fourth-order valence-electron chi connectivity index (χ4n) is 3.20. The summed E-state index contributed by atoms with van der Waals surface area (Å²) in [6.07, 6.45) is 1.73. The molecule has 2 aromatic rings. The molecule has 2 aliphatic heterocycles. The molecule has 2 fully saturated rings. The molecule has 0 saturated carbocycles. The molecule has 0 spiro atoms. The maximum absolute atomic E-state index is 11.6. The summed E-state index contributed by atoms with van der Waals surface area (Å²) in [5.41, 5.74) is 9.92. The maximum atomic E-state index is 11.6. The molecule has 0 bridgehead atoms. The van der Waals surface area contributed by atoms with Crippen molar-refractivity contribution in [1.29, 1.82) is 0 Å². The van der Waals surface area contributed by atoms with E-state index in [9.17, 15) is 4.79 Å². The zero-order valence-corrected chi connectivity index (χ0v) is 14.0. The Morgan fingerprint density at radius 3 is 2.75 bits per heavy atom. The average molecular weight is 345 g/mol. The van der Waals surface area contributed by atoms with Crippen LogP contribution in [-0.2, 0) is 4.74 Å². The molecule has 2 aromatic heterocycles.